The zero-order chi connectivity index (χ0) is 9.52. The van der Waals surface area contributed by atoms with E-state index >= 15 is 0 Å². The Labute approximate surface area is 88.6 Å². The molecule has 0 radical (unpaired) electrons. The van der Waals surface area contributed by atoms with Crippen molar-refractivity contribution < 1.29 is 0 Å². The molecule has 0 aromatic carbocycles. The second-order valence-corrected chi connectivity index (χ2v) is 5.89. The number of allylic oxidation sites excluding steroid dienone is 4. The maximum atomic E-state index is 6.07. The van der Waals surface area contributed by atoms with Crippen LogP contribution in [0.15, 0.2) is 20.4 Å². The first-order chi connectivity index (χ1) is 5.42. The fraction of sp³-hybridized carbons (Fsp3) is 0.600. The fourth-order valence-corrected chi connectivity index (χ4v) is 4.61. The average molecular weight is 195 g/mol. The standard InChI is InChI=1S/C10H15.ClH.Mg/c1-7-6-10(4,5)9(3)8(7)2;;/h1-5H3;1H;/q;;+1/p-1. The topological polar surface area (TPSA) is 0 Å². The number of rotatable bonds is 1. The molecule has 0 aromatic rings. The zero-order valence-corrected chi connectivity index (χ0v) is 10.8. The van der Waals surface area contributed by atoms with Gasteiger partial charge in [0.25, 0.3) is 0 Å². The summed E-state index contributed by atoms with van der Waals surface area (Å²) in [4.78, 5) is 0. The Kier molecular flexibility index (Phi) is 2.97. The third-order valence-electron chi connectivity index (χ3n) is 3.40. The molecule has 0 fully saturated rings. The van der Waals surface area contributed by atoms with Crippen molar-refractivity contribution in [1.82, 2.24) is 0 Å². The highest BCUT2D eigenvalue weighted by molar-refractivity contribution is 6.98. The highest BCUT2D eigenvalue weighted by Gasteiger charge is 2.33. The Balaban J connectivity index is 3.23. The van der Waals surface area contributed by atoms with Gasteiger partial charge in [0.05, 0.1) is 0 Å². The molecule has 0 N–H and O–H groups in total. The van der Waals surface area contributed by atoms with Gasteiger partial charge < -0.3 is 9.07 Å². The van der Waals surface area contributed by atoms with Crippen LogP contribution in [-0.2, 0) is 0 Å². The minimum Gasteiger partial charge on any atom is -0.336 e. The number of halogens is 1. The van der Waals surface area contributed by atoms with Gasteiger partial charge in [0.1, 0.15) is 0 Å². The van der Waals surface area contributed by atoms with E-state index in [1.165, 1.54) is 20.4 Å². The minimum atomic E-state index is -0.515. The molecule has 64 valence electrons. The summed E-state index contributed by atoms with van der Waals surface area (Å²) in [5.41, 5.74) is 4.67. The van der Waals surface area contributed by atoms with E-state index in [1.54, 1.807) is 0 Å². The van der Waals surface area contributed by atoms with Crippen molar-refractivity contribution in [3.8, 4) is 0 Å². The first-order valence-electron chi connectivity index (χ1n) is 4.37. The summed E-state index contributed by atoms with van der Waals surface area (Å²) in [5, 5.41) is 0. The van der Waals surface area contributed by atoms with E-state index in [9.17, 15) is 0 Å². The normalized spacial score (nSPS) is 21.8. The minimum absolute atomic E-state index is 0.252. The van der Waals surface area contributed by atoms with E-state index < -0.39 is 19.3 Å². The van der Waals surface area contributed by atoms with Gasteiger partial charge in [-0.25, -0.2) is 0 Å². The molecule has 0 atom stereocenters. The molecule has 0 bridgehead atoms. The van der Waals surface area contributed by atoms with Gasteiger partial charge in [-0.15, -0.1) is 0 Å². The van der Waals surface area contributed by atoms with E-state index in [2.05, 4.69) is 34.6 Å². The van der Waals surface area contributed by atoms with E-state index in [0.29, 0.717) is 0 Å². The summed E-state index contributed by atoms with van der Waals surface area (Å²) in [6.07, 6.45) is 0. The van der Waals surface area contributed by atoms with Gasteiger partial charge in [0, 0.05) is 0 Å². The molecule has 0 saturated heterocycles. The van der Waals surface area contributed by atoms with Gasteiger partial charge in [0.2, 0.25) is 0 Å². The molecule has 0 heterocycles. The lowest BCUT2D eigenvalue weighted by molar-refractivity contribution is 0.573. The summed E-state index contributed by atoms with van der Waals surface area (Å²) >= 11 is -0.515. The van der Waals surface area contributed by atoms with Gasteiger partial charge in [-0.3, -0.25) is 0 Å². The van der Waals surface area contributed by atoms with Crippen molar-refractivity contribution in [1.29, 1.82) is 0 Å². The van der Waals surface area contributed by atoms with Crippen molar-refractivity contribution in [3.63, 3.8) is 0 Å². The van der Waals surface area contributed by atoms with E-state index in [-0.39, 0.29) is 5.41 Å². The monoisotopic (exact) mass is 194 g/mol. The molecule has 0 nitrogen and oxygen atoms in total. The lowest BCUT2D eigenvalue weighted by Gasteiger charge is -2.25. The van der Waals surface area contributed by atoms with Crippen LogP contribution in [-0.4, -0.2) is 19.3 Å². The Hall–Kier alpha value is 0.536. The molecule has 1 aliphatic rings. The smallest absolute Gasteiger partial charge is 0.336 e. The summed E-state index contributed by atoms with van der Waals surface area (Å²) < 4.78 is 1.53. The Morgan fingerprint density at radius 2 is 1.58 bits per heavy atom. The summed E-state index contributed by atoms with van der Waals surface area (Å²) in [6.45, 7) is 11.2. The summed E-state index contributed by atoms with van der Waals surface area (Å²) in [5.74, 6) is 0. The van der Waals surface area contributed by atoms with Gasteiger partial charge >= 0.3 is 19.3 Å². The molecular weight excluding hydrogens is 180 g/mol. The van der Waals surface area contributed by atoms with Gasteiger partial charge in [-0.1, -0.05) is 30.6 Å². The SMILES string of the molecule is CC1=C(C)C(C)(C)[C]([Mg][Cl])=C1C. The maximum Gasteiger partial charge on any atom is 0.535 e. The molecule has 1 aliphatic carbocycles. The third-order valence-corrected chi connectivity index (χ3v) is 5.89. The van der Waals surface area contributed by atoms with Crippen molar-refractivity contribution in [2.45, 2.75) is 34.6 Å². The van der Waals surface area contributed by atoms with Crippen LogP contribution in [0.3, 0.4) is 0 Å². The van der Waals surface area contributed by atoms with Crippen LogP contribution in [0.25, 0.3) is 0 Å². The maximum absolute atomic E-state index is 6.07. The Bertz CT molecular complexity index is 272. The van der Waals surface area contributed by atoms with E-state index in [1.807, 2.05) is 0 Å². The largest absolute Gasteiger partial charge is 0.535 e. The quantitative estimate of drug-likeness (QED) is 0.561. The highest BCUT2D eigenvalue weighted by Crippen LogP contribution is 2.45. The third kappa shape index (κ3) is 1.36. The van der Waals surface area contributed by atoms with Gasteiger partial charge in [0.15, 0.2) is 0 Å². The van der Waals surface area contributed by atoms with Crippen LogP contribution < -0.4 is 0 Å². The van der Waals surface area contributed by atoms with E-state index in [0.717, 1.165) is 0 Å². The van der Waals surface area contributed by atoms with Crippen LogP contribution in [0, 0.1) is 5.41 Å². The zero-order valence-electron chi connectivity index (χ0n) is 8.59. The fourth-order valence-electron chi connectivity index (χ4n) is 1.94. The van der Waals surface area contributed by atoms with Crippen molar-refractivity contribution in [2.75, 3.05) is 0 Å². The molecule has 0 spiro atoms. The van der Waals surface area contributed by atoms with Crippen molar-refractivity contribution in [3.05, 3.63) is 20.4 Å². The molecule has 0 aliphatic heterocycles. The highest BCUT2D eigenvalue weighted by atomic mass is 35.5. The van der Waals surface area contributed by atoms with E-state index in [4.69, 9.17) is 9.07 Å². The van der Waals surface area contributed by atoms with Crippen LogP contribution in [0.2, 0.25) is 0 Å². The molecular formula is C10H15ClMg. The predicted molar refractivity (Wildman–Crippen MR) is 56.5 cm³/mol. The predicted octanol–water partition coefficient (Wildman–Crippen LogP) is 3.49. The molecule has 2 heteroatoms. The number of hydrogen-bond donors (Lipinski definition) is 0. The second-order valence-electron chi connectivity index (χ2n) is 4.11. The first-order valence-corrected chi connectivity index (χ1v) is 7.22. The van der Waals surface area contributed by atoms with Crippen LogP contribution in [0.1, 0.15) is 34.6 Å². The molecule has 0 amide bonds. The Morgan fingerprint density at radius 1 is 1.08 bits per heavy atom. The summed E-state index contributed by atoms with van der Waals surface area (Å²) in [7, 11) is 6.07. The molecule has 12 heavy (non-hydrogen) atoms. The first kappa shape index (κ1) is 10.6. The molecule has 1 rings (SSSR count). The second kappa shape index (κ2) is 3.36. The number of hydrogen-bond acceptors (Lipinski definition) is 0. The average Bonchev–Trinajstić information content (AvgIpc) is 2.13. The lowest BCUT2D eigenvalue weighted by Crippen LogP contribution is -2.16. The Morgan fingerprint density at radius 3 is 1.75 bits per heavy atom. The van der Waals surface area contributed by atoms with Gasteiger partial charge in [-0.05, 0) is 26.2 Å². The lowest BCUT2D eigenvalue weighted by atomic mass is 9.87. The molecule has 0 saturated carbocycles. The molecule has 0 aromatic heterocycles. The van der Waals surface area contributed by atoms with Gasteiger partial charge in [-0.2, -0.15) is 3.70 Å². The summed E-state index contributed by atoms with van der Waals surface area (Å²) in [6, 6.07) is 0. The van der Waals surface area contributed by atoms with Crippen LogP contribution in [0.4, 0.5) is 0 Å². The van der Waals surface area contributed by atoms with Crippen molar-refractivity contribution >= 4 is 28.3 Å². The van der Waals surface area contributed by atoms with Crippen LogP contribution in [0.5, 0.6) is 0 Å². The van der Waals surface area contributed by atoms with Crippen LogP contribution >= 0.6 is 9.07 Å². The molecule has 0 unspecified atom stereocenters. The van der Waals surface area contributed by atoms with Crippen molar-refractivity contribution in [2.24, 2.45) is 5.41 Å².